The minimum atomic E-state index is -3.61. The number of amides is 1. The minimum Gasteiger partial charge on any atom is -0.338 e. The van der Waals surface area contributed by atoms with Crippen LogP contribution < -0.4 is 5.69 Å². The van der Waals surface area contributed by atoms with Crippen LogP contribution in [0.25, 0.3) is 0 Å². The lowest BCUT2D eigenvalue weighted by Crippen LogP contribution is -2.39. The monoisotopic (exact) mass is 433 g/mol. The van der Waals surface area contributed by atoms with Gasteiger partial charge in [-0.05, 0) is 43.9 Å². The van der Waals surface area contributed by atoms with E-state index in [1.54, 1.807) is 23.1 Å². The Morgan fingerprint density at radius 1 is 1.07 bits per heavy atom. The van der Waals surface area contributed by atoms with Crippen LogP contribution in [0.5, 0.6) is 0 Å². The Labute approximate surface area is 175 Å². The molecule has 2 aromatic rings. The highest BCUT2D eigenvalue weighted by Crippen LogP contribution is 2.26. The summed E-state index contributed by atoms with van der Waals surface area (Å²) >= 11 is 0. The van der Waals surface area contributed by atoms with Gasteiger partial charge in [0.1, 0.15) is 5.82 Å². The molecule has 162 valence electrons. The molecule has 2 fully saturated rings. The van der Waals surface area contributed by atoms with Crippen LogP contribution >= 0.6 is 0 Å². The lowest BCUT2D eigenvalue weighted by Gasteiger charge is -2.31. The molecule has 0 saturated carbocycles. The summed E-state index contributed by atoms with van der Waals surface area (Å²) in [4.78, 5) is 29.0. The van der Waals surface area contributed by atoms with Crippen molar-refractivity contribution in [3.8, 4) is 0 Å². The molecule has 0 bridgehead atoms. The van der Waals surface area contributed by atoms with E-state index in [0.29, 0.717) is 37.6 Å². The predicted octanol–water partition coefficient (Wildman–Crippen LogP) is 1.68. The molecule has 0 spiro atoms. The Bertz CT molecular complexity index is 1050. The molecule has 1 amide bonds. The number of aromatic amines is 2. The van der Waals surface area contributed by atoms with Crippen molar-refractivity contribution in [2.24, 2.45) is 0 Å². The first kappa shape index (κ1) is 20.8. The van der Waals surface area contributed by atoms with Crippen LogP contribution in [0.2, 0.25) is 0 Å². The van der Waals surface area contributed by atoms with Crippen LogP contribution in [0.1, 0.15) is 60.6 Å². The van der Waals surface area contributed by atoms with E-state index >= 15 is 0 Å². The fraction of sp³-hybridized carbons (Fsp3) is 0.550. The van der Waals surface area contributed by atoms with Gasteiger partial charge in [0.25, 0.3) is 5.91 Å². The van der Waals surface area contributed by atoms with Gasteiger partial charge >= 0.3 is 5.69 Å². The summed E-state index contributed by atoms with van der Waals surface area (Å²) in [7, 11) is -3.61. The summed E-state index contributed by atoms with van der Waals surface area (Å²) in [5.41, 5.74) is 0.00180. The van der Waals surface area contributed by atoms with Gasteiger partial charge in [0.2, 0.25) is 10.0 Å². The van der Waals surface area contributed by atoms with Crippen molar-refractivity contribution in [1.29, 1.82) is 0 Å². The van der Waals surface area contributed by atoms with Gasteiger partial charge in [-0.25, -0.2) is 18.3 Å². The molecule has 2 aliphatic heterocycles. The molecule has 2 N–H and O–H groups in total. The third-order valence-corrected chi connectivity index (χ3v) is 7.79. The van der Waals surface area contributed by atoms with Crippen LogP contribution in [0.3, 0.4) is 0 Å². The van der Waals surface area contributed by atoms with Gasteiger partial charge in [-0.1, -0.05) is 18.9 Å². The summed E-state index contributed by atoms with van der Waals surface area (Å²) in [6.45, 7) is 2.07. The molecule has 1 atom stereocenters. The summed E-state index contributed by atoms with van der Waals surface area (Å²) in [6, 6.07) is 6.33. The van der Waals surface area contributed by atoms with Gasteiger partial charge in [0, 0.05) is 37.7 Å². The van der Waals surface area contributed by atoms with Crippen molar-refractivity contribution in [3.63, 3.8) is 0 Å². The molecular formula is C20H27N5O4S. The Kier molecular flexibility index (Phi) is 6.05. The zero-order valence-electron chi connectivity index (χ0n) is 16.8. The van der Waals surface area contributed by atoms with Gasteiger partial charge in [0.05, 0.1) is 4.90 Å². The number of aromatic nitrogens is 3. The standard InChI is InChI=1S/C20H27N5O4S/c26-19(24-10-6-8-16(14-24)18-21-20(27)23-22-18)15-7-5-9-17(13-15)30(28,29)25-11-3-1-2-4-12-25/h5,7,9,13,16H,1-4,6,8,10-12,14H2,(H2,21,22,23,27). The van der Waals surface area contributed by atoms with Crippen LogP contribution in [-0.2, 0) is 10.0 Å². The number of benzene rings is 1. The van der Waals surface area contributed by atoms with E-state index in [9.17, 15) is 18.0 Å². The van der Waals surface area contributed by atoms with Crippen LogP contribution in [0, 0.1) is 0 Å². The largest absolute Gasteiger partial charge is 0.340 e. The van der Waals surface area contributed by atoms with E-state index in [1.807, 2.05) is 0 Å². The average Bonchev–Trinajstić information content (AvgIpc) is 3.01. The number of nitrogens with zero attached hydrogens (tertiary/aromatic N) is 3. The molecule has 0 aliphatic carbocycles. The van der Waals surface area contributed by atoms with E-state index < -0.39 is 10.0 Å². The SMILES string of the molecule is O=C(c1cccc(S(=O)(=O)N2CCCCCC2)c1)N1CCCC(c2n[nH]c(=O)[nH]2)C1. The van der Waals surface area contributed by atoms with Gasteiger partial charge in [-0.15, -0.1) is 0 Å². The third-order valence-electron chi connectivity index (χ3n) is 5.90. The van der Waals surface area contributed by atoms with E-state index in [1.165, 1.54) is 10.4 Å². The van der Waals surface area contributed by atoms with Crippen LogP contribution in [-0.4, -0.2) is 64.9 Å². The molecule has 0 radical (unpaired) electrons. The number of carbonyl (C=O) groups is 1. The van der Waals surface area contributed by atoms with Crippen molar-refractivity contribution in [3.05, 3.63) is 46.1 Å². The molecule has 1 aromatic heterocycles. The first-order chi connectivity index (χ1) is 14.4. The van der Waals surface area contributed by atoms with Crippen molar-refractivity contribution in [1.82, 2.24) is 24.4 Å². The number of nitrogens with one attached hydrogen (secondary N) is 2. The van der Waals surface area contributed by atoms with E-state index in [-0.39, 0.29) is 22.4 Å². The second kappa shape index (κ2) is 8.73. The van der Waals surface area contributed by atoms with Gasteiger partial charge in [-0.2, -0.15) is 9.40 Å². The Morgan fingerprint density at radius 2 is 1.83 bits per heavy atom. The second-order valence-corrected chi connectivity index (χ2v) is 9.94. The normalized spacial score (nSPS) is 21.3. The summed E-state index contributed by atoms with van der Waals surface area (Å²) in [5.74, 6) is 0.297. The maximum absolute atomic E-state index is 13.1. The fourth-order valence-electron chi connectivity index (χ4n) is 4.26. The van der Waals surface area contributed by atoms with Gasteiger partial charge < -0.3 is 4.90 Å². The molecular weight excluding hydrogens is 406 g/mol. The molecule has 1 aromatic carbocycles. The lowest BCUT2D eigenvalue weighted by molar-refractivity contribution is 0.0704. The maximum atomic E-state index is 13.1. The van der Waals surface area contributed by atoms with E-state index in [0.717, 1.165) is 38.5 Å². The summed E-state index contributed by atoms with van der Waals surface area (Å²) < 4.78 is 27.7. The second-order valence-electron chi connectivity index (χ2n) is 8.00. The summed E-state index contributed by atoms with van der Waals surface area (Å²) in [5, 5.41) is 6.36. The van der Waals surface area contributed by atoms with Crippen LogP contribution in [0.15, 0.2) is 34.0 Å². The van der Waals surface area contributed by atoms with Crippen molar-refractivity contribution < 1.29 is 13.2 Å². The molecule has 2 aliphatic rings. The zero-order chi connectivity index (χ0) is 21.1. The zero-order valence-corrected chi connectivity index (χ0v) is 17.7. The Balaban J connectivity index is 1.52. The topological polar surface area (TPSA) is 119 Å². The summed E-state index contributed by atoms with van der Waals surface area (Å²) in [6.07, 6.45) is 5.43. The van der Waals surface area contributed by atoms with Gasteiger partial charge in [0.15, 0.2) is 0 Å². The number of carbonyl (C=O) groups excluding carboxylic acids is 1. The highest BCUT2D eigenvalue weighted by molar-refractivity contribution is 7.89. The van der Waals surface area contributed by atoms with Crippen molar-refractivity contribution in [2.45, 2.75) is 49.3 Å². The maximum Gasteiger partial charge on any atom is 0.340 e. The quantitative estimate of drug-likeness (QED) is 0.760. The highest BCUT2D eigenvalue weighted by atomic mass is 32.2. The number of likely N-dealkylation sites (tertiary alicyclic amines) is 1. The molecule has 2 saturated heterocycles. The number of hydrogen-bond donors (Lipinski definition) is 2. The van der Waals surface area contributed by atoms with Crippen LogP contribution in [0.4, 0.5) is 0 Å². The smallest absolute Gasteiger partial charge is 0.338 e. The predicted molar refractivity (Wildman–Crippen MR) is 111 cm³/mol. The average molecular weight is 434 g/mol. The number of sulfonamides is 1. The first-order valence-electron chi connectivity index (χ1n) is 10.5. The van der Waals surface area contributed by atoms with Crippen molar-refractivity contribution in [2.75, 3.05) is 26.2 Å². The van der Waals surface area contributed by atoms with Crippen molar-refractivity contribution >= 4 is 15.9 Å². The third kappa shape index (κ3) is 4.34. The molecule has 9 nitrogen and oxygen atoms in total. The molecule has 4 rings (SSSR count). The van der Waals surface area contributed by atoms with Gasteiger partial charge in [-0.3, -0.25) is 9.78 Å². The number of piperidine rings is 1. The Hall–Kier alpha value is -2.46. The number of rotatable bonds is 4. The Morgan fingerprint density at radius 3 is 2.53 bits per heavy atom. The first-order valence-corrected chi connectivity index (χ1v) is 11.9. The highest BCUT2D eigenvalue weighted by Gasteiger charge is 2.29. The number of H-pyrrole nitrogens is 2. The molecule has 3 heterocycles. The van der Waals surface area contributed by atoms with E-state index in [4.69, 9.17) is 0 Å². The fourth-order valence-corrected chi connectivity index (χ4v) is 5.83. The van der Waals surface area contributed by atoms with E-state index in [2.05, 4.69) is 15.2 Å². The lowest BCUT2D eigenvalue weighted by atomic mass is 9.97. The minimum absolute atomic E-state index is 0.0503. The number of hydrogen-bond acceptors (Lipinski definition) is 5. The molecule has 1 unspecified atom stereocenters. The molecule has 10 heteroatoms. The molecule has 30 heavy (non-hydrogen) atoms.